The second-order valence-corrected chi connectivity index (χ2v) is 54.3. The first-order valence-electron chi connectivity index (χ1n) is 11.3. The van der Waals surface area contributed by atoms with Gasteiger partial charge in [0.25, 0.3) is 0 Å². The van der Waals surface area contributed by atoms with Crippen molar-refractivity contribution in [2.24, 2.45) is 0 Å². The Morgan fingerprint density at radius 3 is 2.00 bits per heavy atom. The van der Waals surface area contributed by atoms with Crippen molar-refractivity contribution in [1.82, 2.24) is 5.32 Å². The molecule has 0 radical (unpaired) electrons. The average molecular weight is 444 g/mol. The largest absolute Gasteiger partial charge is 0.147 e. The molecule has 0 bridgehead atoms. The summed E-state index contributed by atoms with van der Waals surface area (Å²) in [4.78, 5) is 0. The average Bonchev–Trinajstić information content (AvgIpc) is 3.35. The second-order valence-electron chi connectivity index (χ2n) is 17.8. The van der Waals surface area contributed by atoms with E-state index in [1.165, 1.54) is 36.0 Å². The van der Waals surface area contributed by atoms with Crippen LogP contribution in [0.4, 0.5) is 0 Å². The van der Waals surface area contributed by atoms with Crippen LogP contribution in [-0.2, 0) is 8.89 Å². The first kappa shape index (κ1) is 14.9. The van der Waals surface area contributed by atoms with Crippen molar-refractivity contribution in [1.29, 1.82) is 0 Å². The molecule has 1 N–H and O–H groups in total. The van der Waals surface area contributed by atoms with E-state index in [0.29, 0.717) is 5.54 Å². The Morgan fingerprint density at radius 1 is 1.04 bits per heavy atom. The van der Waals surface area contributed by atoms with Gasteiger partial charge in [0.1, 0.15) is 0 Å². The van der Waals surface area contributed by atoms with Crippen LogP contribution in [0.15, 0.2) is 23.8 Å². The van der Waals surface area contributed by atoms with Crippen LogP contribution in [0.1, 0.15) is 27.2 Å². The van der Waals surface area contributed by atoms with Crippen molar-refractivity contribution in [3.05, 3.63) is 23.8 Å². The first-order valence-corrected chi connectivity index (χ1v) is 22.8. The predicted molar refractivity (Wildman–Crippen MR) is 112 cm³/mol. The zero-order valence-electron chi connectivity index (χ0n) is 16.4. The van der Waals surface area contributed by atoms with Crippen molar-refractivity contribution in [3.63, 3.8) is 0 Å². The zero-order chi connectivity index (χ0) is 16.0. The van der Waals surface area contributed by atoms with Crippen LogP contribution in [0.5, 0.6) is 0 Å². The molecule has 0 aromatic carbocycles. The Kier molecular flexibility index (Phi) is 0.888. The fourth-order valence-corrected chi connectivity index (χ4v) is 189. The fraction of sp³-hybridized carbons (Fsp3) is 0.810. The third-order valence-electron chi connectivity index (χ3n) is 23.6. The molecule has 5 atom stereocenters. The molecular formula is C21H31Cl2NSiTi. The van der Waals surface area contributed by atoms with Crippen LogP contribution in [0.2, 0.25) is 49.7 Å². The SMILES string of the molecule is C[SiH](C)[C]12[CH]3[CH]4[C]5(NC(C)(C)C)[C]1(C1=CC=CC1)[Ti]43521678[CH]2[CH]1[CH]6[CH]7[CH]28.Cl.Cl. The summed E-state index contributed by atoms with van der Waals surface area (Å²) >= 11 is 0. The van der Waals surface area contributed by atoms with Gasteiger partial charge in [-0.2, -0.15) is 0 Å². The number of hydrogen-bond donors (Lipinski definition) is 1. The molecule has 0 saturated carbocycles. The summed E-state index contributed by atoms with van der Waals surface area (Å²) in [5.41, 5.74) is 2.35. The molecule has 10 heterocycles. The third kappa shape index (κ3) is 0.201. The molecule has 0 aromatic heterocycles. The smallest absolute Gasteiger partial charge is 0.147 e. The van der Waals surface area contributed by atoms with Gasteiger partial charge in [0.15, 0.2) is 0 Å². The molecule has 10 saturated heterocycles. The molecule has 0 aromatic rings. The quantitative estimate of drug-likeness (QED) is 0.514. The number of hydrogen-bond acceptors (Lipinski definition) is 1. The van der Waals surface area contributed by atoms with Crippen LogP contribution in [0.3, 0.4) is 0 Å². The standard InChI is InChI=1S/C16H24NSi.C5H5.2ClH.Ti/c1-16(2,3)17-13-10-11-14(18(4)5)15(13)12-8-6-7-9-12;1-2-4-5-3-1;;;/h6-8,10-11,17-18H,9H2,1-5H3;1-5H;2*1H;. The minimum Gasteiger partial charge on any atom is -0.147 e. The summed E-state index contributed by atoms with van der Waals surface area (Å²) in [6.07, 6.45) is 8.95. The van der Waals surface area contributed by atoms with E-state index in [4.69, 9.17) is 0 Å². The number of allylic oxidation sites excluding steroid dienone is 3. The monoisotopic (exact) mass is 443 g/mol. The van der Waals surface area contributed by atoms with E-state index < -0.39 is 17.7 Å². The van der Waals surface area contributed by atoms with Crippen LogP contribution >= 0.6 is 24.8 Å². The molecule has 26 heavy (non-hydrogen) atoms. The normalized spacial score (nSPS) is 90.1. The summed E-state index contributed by atoms with van der Waals surface area (Å²) in [5, 5.41) is 4.57. The molecule has 11 rings (SSSR count). The summed E-state index contributed by atoms with van der Waals surface area (Å²) < 4.78 is 12.5. The van der Waals surface area contributed by atoms with Gasteiger partial charge in [-0.15, -0.1) is 24.8 Å². The summed E-state index contributed by atoms with van der Waals surface area (Å²) in [6, 6.07) is 0. The fourth-order valence-electron chi connectivity index (χ4n) is 30.0. The molecule has 5 heteroatoms. The van der Waals surface area contributed by atoms with Gasteiger partial charge in [-0.25, -0.2) is 0 Å². The third-order valence-corrected chi connectivity index (χ3v) is 96.7. The van der Waals surface area contributed by atoms with E-state index >= 15 is 0 Å². The van der Waals surface area contributed by atoms with Gasteiger partial charge >= 0.3 is 133 Å². The van der Waals surface area contributed by atoms with E-state index in [2.05, 4.69) is 57.4 Å². The van der Waals surface area contributed by atoms with Crippen molar-refractivity contribution >= 4 is 33.6 Å². The van der Waals surface area contributed by atoms with Crippen LogP contribution in [-0.4, -0.2) is 18.2 Å². The second kappa shape index (κ2) is 1.55. The van der Waals surface area contributed by atoms with Crippen LogP contribution < -0.4 is 5.32 Å². The molecule has 142 valence electrons. The Bertz CT molecular complexity index is 1330. The van der Waals surface area contributed by atoms with Gasteiger partial charge in [-0.05, 0) is 0 Å². The van der Waals surface area contributed by atoms with Crippen molar-refractivity contribution in [2.45, 2.75) is 86.3 Å². The van der Waals surface area contributed by atoms with Gasteiger partial charge < -0.3 is 0 Å². The zero-order valence-corrected chi connectivity index (χ0v) is 20.7. The Hall–Kier alpha value is 0.951. The van der Waals surface area contributed by atoms with E-state index in [1.54, 1.807) is 0 Å². The molecule has 10 aliphatic heterocycles. The Balaban J connectivity index is 0.000000578. The van der Waals surface area contributed by atoms with E-state index in [0.717, 1.165) is 10.9 Å². The Labute approximate surface area is 157 Å². The number of halogens is 2. The molecule has 11 aliphatic rings. The molecule has 1 aliphatic carbocycles. The first-order chi connectivity index (χ1) is 11.1. The number of fused-ring (bicyclic) bond motifs is 10. The molecule has 10 fully saturated rings. The van der Waals surface area contributed by atoms with Crippen molar-refractivity contribution in [3.8, 4) is 0 Å². The van der Waals surface area contributed by atoms with E-state index in [-0.39, 0.29) is 24.8 Å². The van der Waals surface area contributed by atoms with E-state index in [1.807, 2.05) is 5.57 Å². The van der Waals surface area contributed by atoms with Gasteiger partial charge in [0.05, 0.1) is 0 Å². The molecule has 0 amide bonds. The minimum absolute atomic E-state index is 0. The maximum atomic E-state index is 4.57. The molecule has 1 spiro atoms. The van der Waals surface area contributed by atoms with Crippen molar-refractivity contribution in [2.75, 3.05) is 0 Å². The number of nitrogens with one attached hydrogen (secondary N) is 1. The maximum Gasteiger partial charge on any atom is -0.147 e. The van der Waals surface area contributed by atoms with Crippen LogP contribution in [0, 0.1) is 0 Å². The van der Waals surface area contributed by atoms with Crippen molar-refractivity contribution < 1.29 is 8.89 Å². The summed E-state index contributed by atoms with van der Waals surface area (Å²) in [6.45, 7) is 13.1. The number of rotatable bonds is 3. The molecule has 1 nitrogen and oxygen atoms in total. The van der Waals surface area contributed by atoms with Crippen LogP contribution in [0.25, 0.3) is 0 Å². The summed E-state index contributed by atoms with van der Waals surface area (Å²) in [5.74, 6) is 0. The predicted octanol–water partition coefficient (Wildman–Crippen LogP) is 6.17. The van der Waals surface area contributed by atoms with E-state index in [9.17, 15) is 0 Å². The molecule has 5 unspecified atom stereocenters. The van der Waals surface area contributed by atoms with Gasteiger partial charge in [-0.3, -0.25) is 0 Å². The topological polar surface area (TPSA) is 12.0 Å². The van der Waals surface area contributed by atoms with Gasteiger partial charge in [0, 0.05) is 0 Å². The van der Waals surface area contributed by atoms with Gasteiger partial charge in [0.2, 0.25) is 0 Å². The maximum absolute atomic E-state index is 4.57. The molecular weight excluding hydrogens is 413 g/mol. The van der Waals surface area contributed by atoms with Gasteiger partial charge in [-0.1, -0.05) is 0 Å². The summed E-state index contributed by atoms with van der Waals surface area (Å²) in [7, 11) is -4.50. The Morgan fingerprint density at radius 2 is 1.62 bits per heavy atom. The minimum atomic E-state index is -3.90.